The molecule has 28 heavy (non-hydrogen) atoms. The fourth-order valence-electron chi connectivity index (χ4n) is 3.54. The Balaban J connectivity index is 1.77. The third-order valence-corrected chi connectivity index (χ3v) is 4.97. The van der Waals surface area contributed by atoms with Crippen molar-refractivity contribution in [3.05, 3.63) is 29.8 Å². The number of anilines is 1. The second-order valence-corrected chi connectivity index (χ2v) is 7.16. The topological polar surface area (TPSA) is 119 Å². The van der Waals surface area contributed by atoms with Gasteiger partial charge in [-0.1, -0.05) is 26.0 Å². The van der Waals surface area contributed by atoms with Crippen LogP contribution in [0.25, 0.3) is 0 Å². The van der Waals surface area contributed by atoms with Gasteiger partial charge in [-0.25, -0.2) is 9.69 Å². The summed E-state index contributed by atoms with van der Waals surface area (Å²) in [4.78, 5) is 50.7. The Hall–Kier alpha value is -2.94. The van der Waals surface area contributed by atoms with Crippen LogP contribution >= 0.6 is 0 Å². The average Bonchev–Trinajstić information content (AvgIpc) is 3.05. The van der Waals surface area contributed by atoms with E-state index in [1.807, 2.05) is 26.0 Å². The fourth-order valence-corrected chi connectivity index (χ4v) is 3.54. The Labute approximate surface area is 162 Å². The van der Waals surface area contributed by atoms with E-state index in [4.69, 9.17) is 4.74 Å². The van der Waals surface area contributed by atoms with Crippen molar-refractivity contribution in [2.24, 2.45) is 0 Å². The number of carboxylic acid groups (broad SMARTS) is 1. The summed E-state index contributed by atoms with van der Waals surface area (Å²) < 4.78 is 4.79. The number of carbonyl (C=O) groups is 4. The number of rotatable bonds is 6. The van der Waals surface area contributed by atoms with Crippen molar-refractivity contribution in [1.82, 2.24) is 10.2 Å². The van der Waals surface area contributed by atoms with Gasteiger partial charge in [0.15, 0.2) is 0 Å². The lowest BCUT2D eigenvalue weighted by Crippen LogP contribution is -2.65. The molecule has 1 aromatic rings. The van der Waals surface area contributed by atoms with E-state index >= 15 is 0 Å². The van der Waals surface area contributed by atoms with E-state index in [1.165, 1.54) is 4.90 Å². The van der Waals surface area contributed by atoms with Gasteiger partial charge in [-0.3, -0.25) is 9.59 Å². The van der Waals surface area contributed by atoms with Gasteiger partial charge in [-0.05, 0) is 30.0 Å². The number of carboxylic acids is 1. The van der Waals surface area contributed by atoms with Crippen molar-refractivity contribution in [3.63, 3.8) is 0 Å². The molecule has 2 aliphatic rings. The maximum Gasteiger partial charge on any atom is 0.329 e. The standard InChI is InChI=1S/C19H23N3O6/c1-11(2)12-3-5-13(6-4-12)22-18(26)17-14(20-19(22)27)7-8-21(17)15(23)9-28-10-16(24)25/h3-6,11,14,17H,7-10H2,1-2H3,(H,20,27)(H,24,25)/p-1/t14-,17+/m1/s1. The molecule has 0 radical (unpaired) electrons. The van der Waals surface area contributed by atoms with Gasteiger partial charge in [-0.2, -0.15) is 0 Å². The molecule has 0 bridgehead atoms. The predicted octanol–water partition coefficient (Wildman–Crippen LogP) is -0.398. The first-order valence-electron chi connectivity index (χ1n) is 9.11. The number of hydrogen-bond donors (Lipinski definition) is 1. The summed E-state index contributed by atoms with van der Waals surface area (Å²) in [5.74, 6) is -2.11. The third-order valence-electron chi connectivity index (χ3n) is 4.97. The largest absolute Gasteiger partial charge is 0.548 e. The molecule has 2 saturated heterocycles. The number of hydrogen-bond acceptors (Lipinski definition) is 6. The summed E-state index contributed by atoms with van der Waals surface area (Å²) in [6.07, 6.45) is 0.439. The third kappa shape index (κ3) is 3.84. The van der Waals surface area contributed by atoms with Crippen LogP contribution in [-0.4, -0.2) is 60.6 Å². The smallest absolute Gasteiger partial charge is 0.329 e. The Kier molecular flexibility index (Phi) is 5.64. The lowest BCUT2D eigenvalue weighted by molar-refractivity contribution is -0.309. The van der Waals surface area contributed by atoms with Crippen molar-refractivity contribution in [1.29, 1.82) is 0 Å². The van der Waals surface area contributed by atoms with E-state index in [0.717, 1.165) is 10.5 Å². The molecule has 2 aliphatic heterocycles. The zero-order valence-corrected chi connectivity index (χ0v) is 15.7. The molecule has 0 aliphatic carbocycles. The number of imide groups is 1. The van der Waals surface area contributed by atoms with Crippen molar-refractivity contribution in [2.45, 2.75) is 38.3 Å². The summed E-state index contributed by atoms with van der Waals surface area (Å²) in [5.41, 5.74) is 1.51. The van der Waals surface area contributed by atoms with Gasteiger partial charge in [0.05, 0.1) is 24.3 Å². The molecule has 0 aromatic heterocycles. The number of ether oxygens (including phenoxy) is 1. The lowest BCUT2D eigenvalue weighted by atomic mass is 10.0. The minimum absolute atomic E-state index is 0.273. The molecule has 9 nitrogen and oxygen atoms in total. The number of fused-ring (bicyclic) bond motifs is 1. The molecular formula is C19H22N3O6-. The monoisotopic (exact) mass is 388 g/mol. The summed E-state index contributed by atoms with van der Waals surface area (Å²) in [7, 11) is 0. The van der Waals surface area contributed by atoms with E-state index < -0.39 is 49.1 Å². The molecule has 3 rings (SSSR count). The highest BCUT2D eigenvalue weighted by Crippen LogP contribution is 2.28. The summed E-state index contributed by atoms with van der Waals surface area (Å²) in [6, 6.07) is 5.29. The van der Waals surface area contributed by atoms with Crippen LogP contribution in [0.15, 0.2) is 24.3 Å². The number of nitrogens with zero attached hydrogens (tertiary/aromatic N) is 2. The minimum Gasteiger partial charge on any atom is -0.548 e. The number of amides is 4. The van der Waals surface area contributed by atoms with Crippen LogP contribution < -0.4 is 15.3 Å². The van der Waals surface area contributed by atoms with E-state index in [2.05, 4.69) is 5.32 Å². The second kappa shape index (κ2) is 7.97. The van der Waals surface area contributed by atoms with Gasteiger partial charge < -0.3 is 24.9 Å². The maximum absolute atomic E-state index is 13.1. The number of urea groups is 1. The average molecular weight is 388 g/mol. The van der Waals surface area contributed by atoms with Gasteiger partial charge >= 0.3 is 6.03 Å². The number of carbonyl (C=O) groups excluding carboxylic acids is 4. The van der Waals surface area contributed by atoms with Crippen LogP contribution in [0.3, 0.4) is 0 Å². The molecule has 150 valence electrons. The number of aliphatic carboxylic acids is 1. The number of nitrogens with one attached hydrogen (secondary N) is 1. The highest BCUT2D eigenvalue weighted by molar-refractivity contribution is 6.19. The quantitative estimate of drug-likeness (QED) is 0.708. The molecule has 4 amide bonds. The molecule has 0 unspecified atom stereocenters. The zero-order chi connectivity index (χ0) is 20.4. The maximum atomic E-state index is 13.1. The van der Waals surface area contributed by atoms with Crippen molar-refractivity contribution in [2.75, 3.05) is 24.7 Å². The summed E-state index contributed by atoms with van der Waals surface area (Å²) in [5, 5.41) is 13.2. The lowest BCUT2D eigenvalue weighted by Gasteiger charge is -2.36. The summed E-state index contributed by atoms with van der Waals surface area (Å²) in [6.45, 7) is 3.19. The van der Waals surface area contributed by atoms with Crippen LogP contribution in [-0.2, 0) is 19.1 Å². The first-order chi connectivity index (χ1) is 13.3. The molecule has 2 fully saturated rings. The van der Waals surface area contributed by atoms with E-state index in [9.17, 15) is 24.3 Å². The van der Waals surface area contributed by atoms with Crippen LogP contribution in [0.1, 0.15) is 31.7 Å². The van der Waals surface area contributed by atoms with Gasteiger partial charge in [0, 0.05) is 6.54 Å². The van der Waals surface area contributed by atoms with Gasteiger partial charge in [0.25, 0.3) is 5.91 Å². The molecule has 0 saturated carbocycles. The van der Waals surface area contributed by atoms with E-state index in [-0.39, 0.29) is 6.54 Å². The normalized spacial score (nSPS) is 21.7. The Morgan fingerprint density at radius 2 is 1.89 bits per heavy atom. The van der Waals surface area contributed by atoms with Crippen LogP contribution in [0, 0.1) is 0 Å². The Morgan fingerprint density at radius 3 is 2.50 bits per heavy atom. The van der Waals surface area contributed by atoms with Gasteiger partial charge in [0.2, 0.25) is 5.91 Å². The van der Waals surface area contributed by atoms with Crippen molar-refractivity contribution < 1.29 is 29.0 Å². The molecule has 1 aromatic carbocycles. The highest BCUT2D eigenvalue weighted by atomic mass is 16.5. The van der Waals surface area contributed by atoms with Crippen LogP contribution in [0.4, 0.5) is 10.5 Å². The summed E-state index contributed by atoms with van der Waals surface area (Å²) >= 11 is 0. The van der Waals surface area contributed by atoms with Crippen LogP contribution in [0.5, 0.6) is 0 Å². The molecule has 2 atom stereocenters. The zero-order valence-electron chi connectivity index (χ0n) is 15.7. The van der Waals surface area contributed by atoms with Crippen molar-refractivity contribution >= 4 is 29.5 Å². The SMILES string of the molecule is CC(C)c1ccc(N2C(=O)N[C@@H]3CCN(C(=O)COCC(=O)[O-])[C@@H]3C2=O)cc1. The first-order valence-corrected chi connectivity index (χ1v) is 9.11. The molecule has 2 heterocycles. The van der Waals surface area contributed by atoms with E-state index in [1.54, 1.807) is 12.1 Å². The highest BCUT2D eigenvalue weighted by Gasteiger charge is 2.49. The molecular weight excluding hydrogens is 366 g/mol. The first kappa shape index (κ1) is 19.8. The predicted molar refractivity (Wildman–Crippen MR) is 96.3 cm³/mol. The molecule has 9 heteroatoms. The Bertz CT molecular complexity index is 791. The number of likely N-dealkylation sites (tertiary alicyclic amines) is 1. The Morgan fingerprint density at radius 1 is 1.21 bits per heavy atom. The van der Waals surface area contributed by atoms with Crippen molar-refractivity contribution in [3.8, 4) is 0 Å². The van der Waals surface area contributed by atoms with Gasteiger partial charge in [0.1, 0.15) is 12.6 Å². The second-order valence-electron chi connectivity index (χ2n) is 7.16. The van der Waals surface area contributed by atoms with E-state index in [0.29, 0.717) is 18.0 Å². The minimum atomic E-state index is -1.43. The molecule has 1 N–H and O–H groups in total. The number of benzene rings is 1. The van der Waals surface area contributed by atoms with Crippen LogP contribution in [0.2, 0.25) is 0 Å². The molecule has 0 spiro atoms. The fraction of sp³-hybridized carbons (Fsp3) is 0.474. The van der Waals surface area contributed by atoms with Gasteiger partial charge in [-0.15, -0.1) is 0 Å².